The fourth-order valence-electron chi connectivity index (χ4n) is 2.65. The molecule has 0 bridgehead atoms. The summed E-state index contributed by atoms with van der Waals surface area (Å²) in [6.45, 7) is 7.21. The minimum absolute atomic E-state index is 0.0187. The average molecular weight is 424 g/mol. The average Bonchev–Trinajstić information content (AvgIpc) is 2.75. The molecule has 2 N–H and O–H groups in total. The van der Waals surface area contributed by atoms with Crippen LogP contribution in [-0.4, -0.2) is 36.7 Å². The predicted octanol–water partition coefficient (Wildman–Crippen LogP) is 3.49. The summed E-state index contributed by atoms with van der Waals surface area (Å²) >= 11 is 0. The first-order valence-electron chi connectivity index (χ1n) is 10.1. The molecule has 0 atom stereocenters. The van der Waals surface area contributed by atoms with Gasteiger partial charge in [0.05, 0.1) is 0 Å². The van der Waals surface area contributed by atoms with Crippen LogP contribution < -0.4 is 10.6 Å². The molecule has 0 aliphatic carbocycles. The molecule has 0 saturated carbocycles. The lowest BCUT2D eigenvalue weighted by molar-refractivity contribution is -0.141. The van der Waals surface area contributed by atoms with E-state index in [4.69, 9.17) is 4.74 Å². The van der Waals surface area contributed by atoms with Crippen LogP contribution in [0.5, 0.6) is 0 Å². The van der Waals surface area contributed by atoms with E-state index in [1.165, 1.54) is 0 Å². The zero-order chi connectivity index (χ0) is 23.0. The van der Waals surface area contributed by atoms with Gasteiger partial charge in [0, 0.05) is 23.2 Å². The maximum atomic E-state index is 12.2. The molecule has 0 aliphatic rings. The number of anilines is 1. The van der Waals surface area contributed by atoms with Crippen molar-refractivity contribution in [3.8, 4) is 0 Å². The van der Waals surface area contributed by atoms with Gasteiger partial charge in [-0.1, -0.05) is 39.8 Å². The van der Waals surface area contributed by atoms with E-state index in [9.17, 15) is 19.2 Å². The van der Waals surface area contributed by atoms with Crippen molar-refractivity contribution in [2.75, 3.05) is 18.5 Å². The van der Waals surface area contributed by atoms with Gasteiger partial charge in [0.15, 0.2) is 12.4 Å². The van der Waals surface area contributed by atoms with Crippen LogP contribution in [0.1, 0.15) is 60.4 Å². The SMILES string of the molecule is CCC(=O)Nc1ccc(C(=O)COC(=O)CNC(=O)c2ccc(C(C)(C)C)cc2)cc1. The third kappa shape index (κ3) is 7.37. The van der Waals surface area contributed by atoms with Crippen molar-refractivity contribution in [2.24, 2.45) is 0 Å². The molecule has 0 radical (unpaired) electrons. The highest BCUT2D eigenvalue weighted by atomic mass is 16.5. The molecule has 0 saturated heterocycles. The highest BCUT2D eigenvalue weighted by Crippen LogP contribution is 2.22. The van der Waals surface area contributed by atoms with Crippen LogP contribution in [0.4, 0.5) is 5.69 Å². The van der Waals surface area contributed by atoms with E-state index < -0.39 is 18.5 Å². The number of carbonyl (C=O) groups excluding carboxylic acids is 4. The van der Waals surface area contributed by atoms with Crippen molar-refractivity contribution >= 4 is 29.3 Å². The van der Waals surface area contributed by atoms with Gasteiger partial charge in [-0.3, -0.25) is 19.2 Å². The molecule has 2 amide bonds. The van der Waals surface area contributed by atoms with Gasteiger partial charge in [0.2, 0.25) is 5.91 Å². The Balaban J connectivity index is 1.79. The van der Waals surface area contributed by atoms with Crippen molar-refractivity contribution in [3.05, 3.63) is 65.2 Å². The van der Waals surface area contributed by atoms with Crippen molar-refractivity contribution in [3.63, 3.8) is 0 Å². The molecular formula is C24H28N2O5. The van der Waals surface area contributed by atoms with E-state index in [0.717, 1.165) is 5.56 Å². The summed E-state index contributed by atoms with van der Waals surface area (Å²) in [5, 5.41) is 5.17. The third-order valence-electron chi connectivity index (χ3n) is 4.58. The Hall–Kier alpha value is -3.48. The number of hydrogen-bond donors (Lipinski definition) is 2. The summed E-state index contributed by atoms with van der Waals surface area (Å²) < 4.78 is 4.95. The fourth-order valence-corrected chi connectivity index (χ4v) is 2.65. The van der Waals surface area contributed by atoms with E-state index in [1.807, 2.05) is 12.1 Å². The molecule has 2 aromatic rings. The lowest BCUT2D eigenvalue weighted by Crippen LogP contribution is -2.31. The van der Waals surface area contributed by atoms with Gasteiger partial charge in [-0.25, -0.2) is 0 Å². The second kappa shape index (κ2) is 10.5. The van der Waals surface area contributed by atoms with Gasteiger partial charge in [-0.05, 0) is 47.4 Å². The van der Waals surface area contributed by atoms with Crippen LogP contribution in [-0.2, 0) is 19.7 Å². The molecule has 2 rings (SSSR count). The molecule has 0 spiro atoms. The Morgan fingerprint density at radius 2 is 1.45 bits per heavy atom. The second-order valence-corrected chi connectivity index (χ2v) is 8.07. The van der Waals surface area contributed by atoms with Crippen LogP contribution >= 0.6 is 0 Å². The maximum Gasteiger partial charge on any atom is 0.325 e. The topological polar surface area (TPSA) is 102 Å². The molecule has 0 heterocycles. The lowest BCUT2D eigenvalue weighted by atomic mass is 9.87. The number of benzene rings is 2. The number of ketones is 1. The van der Waals surface area contributed by atoms with Crippen LogP contribution in [0.25, 0.3) is 0 Å². The number of nitrogens with one attached hydrogen (secondary N) is 2. The van der Waals surface area contributed by atoms with Crippen molar-refractivity contribution < 1.29 is 23.9 Å². The molecule has 2 aromatic carbocycles. The smallest absolute Gasteiger partial charge is 0.325 e. The summed E-state index contributed by atoms with van der Waals surface area (Å²) in [5.74, 6) is -1.61. The molecule has 7 nitrogen and oxygen atoms in total. The molecule has 31 heavy (non-hydrogen) atoms. The number of carbonyl (C=O) groups is 4. The van der Waals surface area contributed by atoms with Crippen molar-refractivity contribution in [1.29, 1.82) is 0 Å². The molecule has 164 valence electrons. The maximum absolute atomic E-state index is 12.2. The third-order valence-corrected chi connectivity index (χ3v) is 4.58. The van der Waals surface area contributed by atoms with Gasteiger partial charge in [-0.15, -0.1) is 0 Å². The minimum atomic E-state index is -0.708. The quantitative estimate of drug-likeness (QED) is 0.499. The number of rotatable bonds is 8. The Labute approximate surface area is 182 Å². The molecule has 7 heteroatoms. The number of amides is 2. The summed E-state index contributed by atoms with van der Waals surface area (Å²) in [5.41, 5.74) is 2.45. The standard InChI is InChI=1S/C24H28N2O5/c1-5-21(28)26-19-12-8-16(9-13-19)20(27)15-31-22(29)14-25-23(30)17-6-10-18(11-7-17)24(2,3)4/h6-13H,5,14-15H2,1-4H3,(H,25,30)(H,26,28). The predicted molar refractivity (Wildman–Crippen MR) is 118 cm³/mol. The number of hydrogen-bond acceptors (Lipinski definition) is 5. The molecule has 0 unspecified atom stereocenters. The van der Waals surface area contributed by atoms with Gasteiger partial charge in [0.1, 0.15) is 6.54 Å². The Bertz CT molecular complexity index is 941. The summed E-state index contributed by atoms with van der Waals surface area (Å²) in [6, 6.07) is 13.5. The largest absolute Gasteiger partial charge is 0.456 e. The van der Waals surface area contributed by atoms with Gasteiger partial charge >= 0.3 is 5.97 Å². The van der Waals surface area contributed by atoms with Gasteiger partial charge < -0.3 is 15.4 Å². The van der Waals surface area contributed by atoms with Crippen LogP contribution in [0.15, 0.2) is 48.5 Å². The zero-order valence-electron chi connectivity index (χ0n) is 18.3. The molecular weight excluding hydrogens is 396 g/mol. The first-order chi connectivity index (χ1) is 14.6. The summed E-state index contributed by atoms with van der Waals surface area (Å²) in [4.78, 5) is 47.6. The Morgan fingerprint density at radius 3 is 2.00 bits per heavy atom. The highest BCUT2D eigenvalue weighted by Gasteiger charge is 2.15. The first-order valence-corrected chi connectivity index (χ1v) is 10.1. The second-order valence-electron chi connectivity index (χ2n) is 8.07. The fraction of sp³-hybridized carbons (Fsp3) is 0.333. The first kappa shape index (κ1) is 23.8. The molecule has 0 aliphatic heterocycles. The van der Waals surface area contributed by atoms with Gasteiger partial charge in [0.25, 0.3) is 5.91 Å². The summed E-state index contributed by atoms with van der Waals surface area (Å²) in [7, 11) is 0. The van der Waals surface area contributed by atoms with E-state index in [2.05, 4.69) is 31.4 Å². The van der Waals surface area contributed by atoms with Gasteiger partial charge in [-0.2, -0.15) is 0 Å². The number of Topliss-reactive ketones (excluding diaryl/α,β-unsaturated/α-hetero) is 1. The monoisotopic (exact) mass is 424 g/mol. The number of ether oxygens (including phenoxy) is 1. The van der Waals surface area contributed by atoms with E-state index in [-0.39, 0.29) is 23.7 Å². The minimum Gasteiger partial charge on any atom is -0.456 e. The van der Waals surface area contributed by atoms with Crippen LogP contribution in [0, 0.1) is 0 Å². The summed E-state index contributed by atoms with van der Waals surface area (Å²) in [6.07, 6.45) is 0.357. The van der Waals surface area contributed by atoms with Crippen molar-refractivity contribution in [2.45, 2.75) is 39.5 Å². The zero-order valence-corrected chi connectivity index (χ0v) is 18.3. The Kier molecular flexibility index (Phi) is 8.07. The highest BCUT2D eigenvalue weighted by molar-refractivity contribution is 5.99. The molecule has 0 fully saturated rings. The van der Waals surface area contributed by atoms with Crippen LogP contribution in [0.3, 0.4) is 0 Å². The van der Waals surface area contributed by atoms with Crippen molar-refractivity contribution in [1.82, 2.24) is 5.32 Å². The normalized spacial score (nSPS) is 10.8. The van der Waals surface area contributed by atoms with Crippen LogP contribution in [0.2, 0.25) is 0 Å². The lowest BCUT2D eigenvalue weighted by Gasteiger charge is -2.19. The van der Waals surface area contributed by atoms with E-state index in [0.29, 0.717) is 23.2 Å². The molecule has 0 aromatic heterocycles. The van der Waals surface area contributed by atoms with E-state index in [1.54, 1.807) is 43.3 Å². The van der Waals surface area contributed by atoms with E-state index >= 15 is 0 Å². The number of esters is 1. The Morgan fingerprint density at radius 1 is 0.871 bits per heavy atom.